The molecule has 4 fully saturated rings. The average molecular weight is 649 g/mol. The highest BCUT2D eigenvalue weighted by atomic mass is 16.4. The van der Waals surface area contributed by atoms with Gasteiger partial charge in [0.1, 0.15) is 5.82 Å². The summed E-state index contributed by atoms with van der Waals surface area (Å²) in [5.74, 6) is 2.49. The second kappa shape index (κ2) is 11.2. The summed E-state index contributed by atoms with van der Waals surface area (Å²) in [7, 11) is 1.94. The number of carbonyl (C=O) groups is 2. The van der Waals surface area contributed by atoms with Crippen molar-refractivity contribution in [1.82, 2.24) is 4.98 Å². The zero-order chi connectivity index (χ0) is 34.4. The lowest BCUT2D eigenvalue weighted by Gasteiger charge is -2.72. The highest BCUT2D eigenvalue weighted by molar-refractivity contribution is 5.97. The van der Waals surface area contributed by atoms with Gasteiger partial charge in [0.15, 0.2) is 0 Å². The molecule has 5 heteroatoms. The van der Waals surface area contributed by atoms with E-state index >= 15 is 0 Å². The van der Waals surface area contributed by atoms with Crippen LogP contribution in [0, 0.1) is 56.7 Å². The van der Waals surface area contributed by atoms with Crippen LogP contribution in [0.5, 0.6) is 0 Å². The van der Waals surface area contributed by atoms with Gasteiger partial charge in [-0.2, -0.15) is 0 Å². The number of pyridine rings is 1. The maximum atomic E-state index is 14.7. The molecule has 0 radical (unpaired) electrons. The minimum atomic E-state index is -0.876. The first kappa shape index (κ1) is 33.3. The van der Waals surface area contributed by atoms with Gasteiger partial charge in [0, 0.05) is 13.2 Å². The predicted octanol–water partition coefficient (Wildman–Crippen LogP) is 10.1. The smallest absolute Gasteiger partial charge is 0.335 e. The fourth-order valence-corrected chi connectivity index (χ4v) is 13.4. The summed E-state index contributed by atoms with van der Waals surface area (Å²) < 4.78 is 0. The molecule has 5 aliphatic carbocycles. The largest absolute Gasteiger partial charge is 0.478 e. The Kier molecular flexibility index (Phi) is 7.74. The normalized spacial score (nSPS) is 39.6. The number of carbonyl (C=O) groups excluding carboxylic acids is 1. The molecule has 9 atom stereocenters. The molecule has 0 unspecified atom stereocenters. The van der Waals surface area contributed by atoms with Gasteiger partial charge in [-0.15, -0.1) is 0 Å². The maximum Gasteiger partial charge on any atom is 0.335 e. The van der Waals surface area contributed by atoms with Crippen molar-refractivity contribution < 1.29 is 14.7 Å². The second-order valence-corrected chi connectivity index (χ2v) is 17.8. The van der Waals surface area contributed by atoms with Crippen LogP contribution in [-0.4, -0.2) is 29.0 Å². The van der Waals surface area contributed by atoms with E-state index in [9.17, 15) is 14.7 Å². The fraction of sp³-hybridized carbons (Fsp3) is 0.605. The van der Waals surface area contributed by atoms with Crippen LogP contribution < -0.4 is 4.90 Å². The van der Waals surface area contributed by atoms with E-state index in [-0.39, 0.29) is 33.0 Å². The molecule has 1 N–H and O–H groups in total. The Morgan fingerprint density at radius 2 is 1.60 bits per heavy atom. The van der Waals surface area contributed by atoms with Crippen molar-refractivity contribution in [2.45, 2.75) is 99.3 Å². The highest BCUT2D eigenvalue weighted by Gasteiger charge is 2.71. The highest BCUT2D eigenvalue weighted by Crippen LogP contribution is 2.78. The first-order chi connectivity index (χ1) is 22.6. The van der Waals surface area contributed by atoms with E-state index in [4.69, 9.17) is 0 Å². The van der Waals surface area contributed by atoms with E-state index in [0.717, 1.165) is 43.5 Å². The predicted molar refractivity (Wildman–Crippen MR) is 193 cm³/mol. The molecule has 2 aromatic rings. The summed E-state index contributed by atoms with van der Waals surface area (Å²) in [6.07, 6.45) is 14.3. The SMILES string of the molecule is C=C(C)[C@@H]1CC[C@]2(C(=O)N(C)c3ccccn3)CC[C@]3(C)[C@H](CC[C@@H]4[C@@]5(C)CC=C(c6ccc(C(=O)O)cc6)C(C)(C)[C@@H]5CC[C@]43C)[C@@H]12. The van der Waals surface area contributed by atoms with Crippen LogP contribution >= 0.6 is 0 Å². The lowest BCUT2D eigenvalue weighted by atomic mass is 9.32. The van der Waals surface area contributed by atoms with Gasteiger partial charge >= 0.3 is 5.97 Å². The summed E-state index contributed by atoms with van der Waals surface area (Å²) in [5.41, 5.74) is 4.28. The number of carboxylic acids is 1. The lowest BCUT2D eigenvalue weighted by Crippen LogP contribution is -2.66. The molecule has 48 heavy (non-hydrogen) atoms. The van der Waals surface area contributed by atoms with Gasteiger partial charge in [-0.05, 0) is 151 Å². The quantitative estimate of drug-likeness (QED) is 0.328. The molecule has 0 bridgehead atoms. The van der Waals surface area contributed by atoms with Crippen molar-refractivity contribution in [2.24, 2.45) is 56.7 Å². The Balaban J connectivity index is 1.24. The minimum Gasteiger partial charge on any atom is -0.478 e. The molecule has 1 aromatic carbocycles. The van der Waals surface area contributed by atoms with E-state index < -0.39 is 5.97 Å². The number of hydrogen-bond donors (Lipinski definition) is 1. The lowest BCUT2D eigenvalue weighted by molar-refractivity contribution is -0.224. The third kappa shape index (κ3) is 4.44. The summed E-state index contributed by atoms with van der Waals surface area (Å²) in [4.78, 5) is 32.7. The Morgan fingerprint density at radius 3 is 2.25 bits per heavy atom. The Labute approximate surface area is 288 Å². The van der Waals surface area contributed by atoms with E-state index in [1.54, 1.807) is 18.3 Å². The number of rotatable bonds is 5. The second-order valence-electron chi connectivity index (χ2n) is 17.8. The molecule has 1 amide bonds. The van der Waals surface area contributed by atoms with Gasteiger partial charge in [-0.25, -0.2) is 9.78 Å². The number of fused-ring (bicyclic) bond motifs is 7. The zero-order valence-corrected chi connectivity index (χ0v) is 30.3. The van der Waals surface area contributed by atoms with Crippen LogP contribution in [-0.2, 0) is 4.79 Å². The Morgan fingerprint density at radius 1 is 0.875 bits per heavy atom. The maximum absolute atomic E-state index is 14.7. The summed E-state index contributed by atoms with van der Waals surface area (Å²) in [5, 5.41) is 9.48. The van der Waals surface area contributed by atoms with Crippen LogP contribution in [0.3, 0.4) is 0 Å². The summed E-state index contributed by atoms with van der Waals surface area (Å²) >= 11 is 0. The standard InChI is InChI=1S/C43H56N2O3/c1-27(2)30-18-23-43(38(48)45(8)35-11-9-10-26-44-35)25-24-41(6)32(36(30)43)16-17-34-40(5)21-19-31(28-12-14-29(15-13-28)37(46)47)39(3,4)33(40)20-22-42(34,41)7/h9-15,19,26,30,32-34,36H,1,16-18,20-25H2,2-8H3,(H,46,47)/t30-,32+,33-,34+,36+,40-,41+,42+,43-/m0/s1. The van der Waals surface area contributed by atoms with Gasteiger partial charge in [-0.3, -0.25) is 9.69 Å². The molecular formula is C43H56N2O3. The number of nitrogens with zero attached hydrogens (tertiary/aromatic N) is 2. The van der Waals surface area contributed by atoms with Crippen molar-refractivity contribution in [3.8, 4) is 0 Å². The molecule has 7 rings (SSSR count). The van der Waals surface area contributed by atoms with Crippen molar-refractivity contribution >= 4 is 23.3 Å². The molecule has 0 spiro atoms. The van der Waals surface area contributed by atoms with E-state index in [1.807, 2.05) is 42.3 Å². The molecule has 0 aliphatic heterocycles. The zero-order valence-electron chi connectivity index (χ0n) is 30.3. The first-order valence-corrected chi connectivity index (χ1v) is 18.5. The van der Waals surface area contributed by atoms with Crippen molar-refractivity contribution in [3.05, 3.63) is 78.0 Å². The number of aromatic nitrogens is 1. The molecule has 4 saturated carbocycles. The average Bonchev–Trinajstić information content (AvgIpc) is 3.46. The number of hydrogen-bond acceptors (Lipinski definition) is 3. The van der Waals surface area contributed by atoms with Crippen LogP contribution in [0.25, 0.3) is 5.57 Å². The van der Waals surface area contributed by atoms with Gasteiger partial charge in [-0.1, -0.05) is 71.0 Å². The first-order valence-electron chi connectivity index (χ1n) is 18.5. The number of anilines is 1. The molecule has 5 nitrogen and oxygen atoms in total. The molecular weight excluding hydrogens is 592 g/mol. The van der Waals surface area contributed by atoms with Crippen LogP contribution in [0.2, 0.25) is 0 Å². The van der Waals surface area contributed by atoms with Crippen molar-refractivity contribution in [1.29, 1.82) is 0 Å². The molecule has 0 saturated heterocycles. The van der Waals surface area contributed by atoms with E-state index in [0.29, 0.717) is 35.2 Å². The number of benzene rings is 1. The van der Waals surface area contributed by atoms with Crippen molar-refractivity contribution in [2.75, 3.05) is 11.9 Å². The number of allylic oxidation sites excluding steroid dienone is 3. The number of aromatic carboxylic acids is 1. The summed E-state index contributed by atoms with van der Waals surface area (Å²) in [6.45, 7) is 19.5. The third-order valence-electron chi connectivity index (χ3n) is 15.8. The Hall–Kier alpha value is -3.21. The monoisotopic (exact) mass is 648 g/mol. The summed E-state index contributed by atoms with van der Waals surface area (Å²) in [6, 6.07) is 13.4. The molecule has 256 valence electrons. The molecule has 5 aliphatic rings. The van der Waals surface area contributed by atoms with Gasteiger partial charge < -0.3 is 5.11 Å². The van der Waals surface area contributed by atoms with Gasteiger partial charge in [0.2, 0.25) is 5.91 Å². The fourth-order valence-electron chi connectivity index (χ4n) is 13.4. The van der Waals surface area contributed by atoms with Crippen LogP contribution in [0.4, 0.5) is 5.82 Å². The topological polar surface area (TPSA) is 70.5 Å². The Bertz CT molecular complexity index is 1660. The minimum absolute atomic E-state index is 0.0163. The molecule has 1 heterocycles. The third-order valence-corrected chi connectivity index (χ3v) is 15.8. The number of amides is 1. The van der Waals surface area contributed by atoms with Crippen LogP contribution in [0.15, 0.2) is 66.9 Å². The number of carboxylic acid groups (broad SMARTS) is 1. The van der Waals surface area contributed by atoms with Gasteiger partial charge in [0.05, 0.1) is 11.0 Å². The van der Waals surface area contributed by atoms with Gasteiger partial charge in [0.25, 0.3) is 0 Å². The van der Waals surface area contributed by atoms with E-state index in [2.05, 4.69) is 59.2 Å². The molecule has 1 aromatic heterocycles. The van der Waals surface area contributed by atoms with E-state index in [1.165, 1.54) is 36.8 Å². The van der Waals surface area contributed by atoms with Crippen molar-refractivity contribution in [3.63, 3.8) is 0 Å². The van der Waals surface area contributed by atoms with Crippen LogP contribution in [0.1, 0.15) is 115 Å².